The molecule has 126 valence electrons. The number of nitrogens with one attached hydrogen (secondary N) is 3. The lowest BCUT2D eigenvalue weighted by Crippen LogP contribution is -2.14. The number of benzene rings is 1. The molecule has 2 aromatic rings. The number of rotatable bonds is 6. The van der Waals surface area contributed by atoms with Crippen LogP contribution < -0.4 is 16.0 Å². The Morgan fingerprint density at radius 3 is 2.04 bits per heavy atom. The summed E-state index contributed by atoms with van der Waals surface area (Å²) in [4.78, 5) is 31.4. The van der Waals surface area contributed by atoms with Gasteiger partial charge in [0.2, 0.25) is 11.9 Å². The first-order valence-electron chi connectivity index (χ1n) is 7.69. The summed E-state index contributed by atoms with van der Waals surface area (Å²) < 4.78 is 0. The van der Waals surface area contributed by atoms with Gasteiger partial charge in [-0.2, -0.15) is 0 Å². The first kappa shape index (κ1) is 17.4. The number of hydrogen-bond donors (Lipinski definition) is 3. The van der Waals surface area contributed by atoms with Gasteiger partial charge in [-0.05, 0) is 30.2 Å². The summed E-state index contributed by atoms with van der Waals surface area (Å²) in [5.41, 5.74) is 1.66. The normalized spacial score (nSPS) is 10.3. The zero-order chi connectivity index (χ0) is 17.5. The largest absolute Gasteiger partial charge is 0.354 e. The van der Waals surface area contributed by atoms with Crippen LogP contribution >= 0.6 is 0 Å². The van der Waals surface area contributed by atoms with E-state index in [0.717, 1.165) is 6.54 Å². The average molecular weight is 327 g/mol. The molecule has 0 saturated carbocycles. The number of carbonyl (C=O) groups excluding carboxylic acids is 2. The van der Waals surface area contributed by atoms with Crippen molar-refractivity contribution in [3.8, 4) is 0 Å². The molecular weight excluding hydrogens is 306 g/mol. The second-order valence-electron chi connectivity index (χ2n) is 5.78. The molecule has 2 rings (SSSR count). The van der Waals surface area contributed by atoms with Crippen LogP contribution in [0.5, 0.6) is 0 Å². The van der Waals surface area contributed by atoms with Gasteiger partial charge < -0.3 is 16.0 Å². The van der Waals surface area contributed by atoms with Crippen molar-refractivity contribution in [3.63, 3.8) is 0 Å². The number of carbonyl (C=O) groups is 2. The highest BCUT2D eigenvalue weighted by Crippen LogP contribution is 2.14. The Bertz CT molecular complexity index is 696. The van der Waals surface area contributed by atoms with Crippen molar-refractivity contribution >= 4 is 29.1 Å². The first-order chi connectivity index (χ1) is 11.4. The van der Waals surface area contributed by atoms with Crippen LogP contribution in [0, 0.1) is 5.92 Å². The Balaban J connectivity index is 1.95. The Hall–Kier alpha value is -2.96. The smallest absolute Gasteiger partial charge is 0.258 e. The van der Waals surface area contributed by atoms with E-state index in [0.29, 0.717) is 28.8 Å². The highest BCUT2D eigenvalue weighted by atomic mass is 16.2. The minimum Gasteiger partial charge on any atom is -0.354 e. The second-order valence-corrected chi connectivity index (χ2v) is 5.78. The lowest BCUT2D eigenvalue weighted by atomic mass is 10.2. The molecule has 7 nitrogen and oxygen atoms in total. The van der Waals surface area contributed by atoms with Gasteiger partial charge in [0.25, 0.3) is 5.91 Å². The molecule has 2 amide bonds. The molecule has 1 aromatic carbocycles. The van der Waals surface area contributed by atoms with Gasteiger partial charge in [-0.3, -0.25) is 9.59 Å². The Labute approximate surface area is 140 Å². The molecule has 0 radical (unpaired) electrons. The predicted molar refractivity (Wildman–Crippen MR) is 94.1 cm³/mol. The molecule has 0 aliphatic carbocycles. The first-order valence-corrected chi connectivity index (χ1v) is 7.69. The molecule has 1 heterocycles. The van der Waals surface area contributed by atoms with E-state index >= 15 is 0 Å². The van der Waals surface area contributed by atoms with E-state index in [-0.39, 0.29) is 11.8 Å². The van der Waals surface area contributed by atoms with Crippen molar-refractivity contribution in [2.75, 3.05) is 22.5 Å². The summed E-state index contributed by atoms with van der Waals surface area (Å²) >= 11 is 0. The maximum Gasteiger partial charge on any atom is 0.258 e. The summed E-state index contributed by atoms with van der Waals surface area (Å²) in [6.07, 6.45) is 2.97. The number of amides is 2. The van der Waals surface area contributed by atoms with Crippen molar-refractivity contribution in [2.24, 2.45) is 5.92 Å². The molecular formula is C17H21N5O2. The van der Waals surface area contributed by atoms with Crippen LogP contribution in [-0.2, 0) is 4.79 Å². The topological polar surface area (TPSA) is 96.0 Å². The minimum absolute atomic E-state index is 0.143. The Morgan fingerprint density at radius 1 is 1.00 bits per heavy atom. The van der Waals surface area contributed by atoms with Crippen LogP contribution in [-0.4, -0.2) is 28.3 Å². The van der Waals surface area contributed by atoms with Gasteiger partial charge in [0, 0.05) is 37.2 Å². The zero-order valence-electron chi connectivity index (χ0n) is 14.0. The summed E-state index contributed by atoms with van der Waals surface area (Å²) in [5.74, 6) is 0.546. The maximum absolute atomic E-state index is 12.2. The van der Waals surface area contributed by atoms with Crippen molar-refractivity contribution in [1.29, 1.82) is 0 Å². The molecule has 0 fully saturated rings. The fourth-order valence-electron chi connectivity index (χ4n) is 1.88. The highest BCUT2D eigenvalue weighted by Gasteiger charge is 2.08. The van der Waals surface area contributed by atoms with Crippen LogP contribution in [0.1, 0.15) is 31.1 Å². The van der Waals surface area contributed by atoms with Crippen LogP contribution in [0.4, 0.5) is 17.3 Å². The molecule has 7 heteroatoms. The second kappa shape index (κ2) is 8.05. The average Bonchev–Trinajstić information content (AvgIpc) is 2.54. The quantitative estimate of drug-likeness (QED) is 0.758. The third-order valence-electron chi connectivity index (χ3n) is 3.05. The molecule has 3 N–H and O–H groups in total. The molecule has 0 saturated heterocycles. The van der Waals surface area contributed by atoms with E-state index < -0.39 is 0 Å². The number of aromatic nitrogens is 2. The summed E-state index contributed by atoms with van der Waals surface area (Å²) in [6.45, 7) is 6.39. The van der Waals surface area contributed by atoms with Gasteiger partial charge in [0.05, 0.1) is 5.56 Å². The molecule has 0 unspecified atom stereocenters. The fourth-order valence-corrected chi connectivity index (χ4v) is 1.88. The third-order valence-corrected chi connectivity index (χ3v) is 3.05. The molecule has 0 spiro atoms. The zero-order valence-corrected chi connectivity index (χ0v) is 14.0. The molecule has 0 aliphatic rings. The summed E-state index contributed by atoms with van der Waals surface area (Å²) in [5, 5.41) is 8.51. The van der Waals surface area contributed by atoms with E-state index in [1.807, 2.05) is 0 Å². The van der Waals surface area contributed by atoms with Crippen molar-refractivity contribution in [3.05, 3.63) is 42.2 Å². The Morgan fingerprint density at radius 2 is 1.54 bits per heavy atom. The van der Waals surface area contributed by atoms with Crippen LogP contribution in [0.3, 0.4) is 0 Å². The van der Waals surface area contributed by atoms with Crippen LogP contribution in [0.15, 0.2) is 36.7 Å². The van der Waals surface area contributed by atoms with Gasteiger partial charge in [-0.1, -0.05) is 13.8 Å². The summed E-state index contributed by atoms with van der Waals surface area (Å²) in [6, 6.07) is 6.85. The molecule has 1 aromatic heterocycles. The monoisotopic (exact) mass is 327 g/mol. The number of nitrogens with zero attached hydrogens (tertiary/aromatic N) is 2. The SMILES string of the molecule is CC(=O)Nc1ccc(NC(=O)c2cnc(NCC(C)C)nc2)cc1. The number of hydrogen-bond acceptors (Lipinski definition) is 5. The summed E-state index contributed by atoms with van der Waals surface area (Å²) in [7, 11) is 0. The van der Waals surface area contributed by atoms with Crippen molar-refractivity contribution in [1.82, 2.24) is 9.97 Å². The maximum atomic E-state index is 12.2. The Kier molecular flexibility index (Phi) is 5.83. The lowest BCUT2D eigenvalue weighted by Gasteiger charge is -2.08. The van der Waals surface area contributed by atoms with Crippen molar-refractivity contribution < 1.29 is 9.59 Å². The van der Waals surface area contributed by atoms with E-state index in [9.17, 15) is 9.59 Å². The fraction of sp³-hybridized carbons (Fsp3) is 0.294. The van der Waals surface area contributed by atoms with Gasteiger partial charge in [0.15, 0.2) is 0 Å². The van der Waals surface area contributed by atoms with Gasteiger partial charge in [-0.15, -0.1) is 0 Å². The standard InChI is InChI=1S/C17H21N5O2/c1-11(2)8-18-17-19-9-13(10-20-17)16(24)22-15-6-4-14(5-7-15)21-12(3)23/h4-7,9-11H,8H2,1-3H3,(H,21,23)(H,22,24)(H,18,19,20). The lowest BCUT2D eigenvalue weighted by molar-refractivity contribution is -0.114. The van der Waals surface area contributed by atoms with Gasteiger partial charge >= 0.3 is 0 Å². The van der Waals surface area contributed by atoms with E-state index in [1.165, 1.54) is 19.3 Å². The van der Waals surface area contributed by atoms with Gasteiger partial charge in [-0.25, -0.2) is 9.97 Å². The minimum atomic E-state index is -0.294. The highest BCUT2D eigenvalue weighted by molar-refractivity contribution is 6.04. The molecule has 0 atom stereocenters. The van der Waals surface area contributed by atoms with Crippen molar-refractivity contribution in [2.45, 2.75) is 20.8 Å². The van der Waals surface area contributed by atoms with Crippen LogP contribution in [0.25, 0.3) is 0 Å². The predicted octanol–water partition coefficient (Wildman–Crippen LogP) is 2.76. The molecule has 0 bridgehead atoms. The molecule has 24 heavy (non-hydrogen) atoms. The van der Waals surface area contributed by atoms with Crippen LogP contribution in [0.2, 0.25) is 0 Å². The molecule has 0 aliphatic heterocycles. The van der Waals surface area contributed by atoms with Gasteiger partial charge in [0.1, 0.15) is 0 Å². The number of anilines is 3. The van der Waals surface area contributed by atoms with E-state index in [1.54, 1.807) is 24.3 Å². The third kappa shape index (κ3) is 5.35. The van der Waals surface area contributed by atoms with E-state index in [2.05, 4.69) is 39.8 Å². The van der Waals surface area contributed by atoms with E-state index in [4.69, 9.17) is 0 Å².